The summed E-state index contributed by atoms with van der Waals surface area (Å²) in [6.07, 6.45) is 7.76. The Bertz CT molecular complexity index is 624. The van der Waals surface area contributed by atoms with Crippen LogP contribution in [0.25, 0.3) is 6.08 Å². The van der Waals surface area contributed by atoms with E-state index in [1.807, 2.05) is 0 Å². The SMILES string of the molecule is COc1cnc(/C=C/C(=O)c2cccnc2)cc1OC. The summed E-state index contributed by atoms with van der Waals surface area (Å²) in [6, 6.07) is 5.13. The number of ketones is 1. The normalized spacial score (nSPS) is 10.5. The molecule has 0 amide bonds. The minimum atomic E-state index is -0.130. The quantitative estimate of drug-likeness (QED) is 0.616. The van der Waals surface area contributed by atoms with E-state index in [2.05, 4.69) is 9.97 Å². The van der Waals surface area contributed by atoms with Gasteiger partial charge in [0.05, 0.1) is 26.1 Å². The second-order valence-corrected chi connectivity index (χ2v) is 3.90. The van der Waals surface area contributed by atoms with Crippen molar-refractivity contribution in [1.29, 1.82) is 0 Å². The van der Waals surface area contributed by atoms with E-state index in [9.17, 15) is 4.79 Å². The van der Waals surface area contributed by atoms with Gasteiger partial charge in [0.2, 0.25) is 0 Å². The van der Waals surface area contributed by atoms with Crippen LogP contribution >= 0.6 is 0 Å². The van der Waals surface area contributed by atoms with Gasteiger partial charge in [-0.3, -0.25) is 14.8 Å². The van der Waals surface area contributed by atoms with E-state index in [4.69, 9.17) is 9.47 Å². The molecule has 0 aliphatic carbocycles. The second kappa shape index (κ2) is 6.47. The summed E-state index contributed by atoms with van der Waals surface area (Å²) in [5.74, 6) is 0.980. The van der Waals surface area contributed by atoms with Crippen LogP contribution in [0.3, 0.4) is 0 Å². The minimum absolute atomic E-state index is 0.130. The van der Waals surface area contributed by atoms with E-state index in [0.717, 1.165) is 0 Å². The third-order valence-electron chi connectivity index (χ3n) is 2.64. The topological polar surface area (TPSA) is 61.3 Å². The molecule has 0 unspecified atom stereocenters. The molecule has 0 saturated carbocycles. The second-order valence-electron chi connectivity index (χ2n) is 3.90. The number of hydrogen-bond donors (Lipinski definition) is 0. The van der Waals surface area contributed by atoms with Gasteiger partial charge in [-0.2, -0.15) is 0 Å². The lowest BCUT2D eigenvalue weighted by Gasteiger charge is -2.06. The number of rotatable bonds is 5. The van der Waals surface area contributed by atoms with Crippen molar-refractivity contribution in [3.8, 4) is 11.5 Å². The first-order valence-electron chi connectivity index (χ1n) is 5.95. The largest absolute Gasteiger partial charge is 0.493 e. The highest BCUT2D eigenvalue weighted by atomic mass is 16.5. The summed E-state index contributed by atoms with van der Waals surface area (Å²) >= 11 is 0. The molecule has 20 heavy (non-hydrogen) atoms. The van der Waals surface area contributed by atoms with Crippen molar-refractivity contribution in [2.45, 2.75) is 0 Å². The number of carbonyl (C=O) groups excluding carboxylic acids is 1. The van der Waals surface area contributed by atoms with E-state index < -0.39 is 0 Å². The lowest BCUT2D eigenvalue weighted by Crippen LogP contribution is -1.95. The first kappa shape index (κ1) is 13.7. The number of ether oxygens (including phenoxy) is 2. The Morgan fingerprint density at radius 1 is 1.20 bits per heavy atom. The molecule has 0 spiro atoms. The summed E-state index contributed by atoms with van der Waals surface area (Å²) in [5.41, 5.74) is 1.14. The van der Waals surface area contributed by atoms with Gasteiger partial charge in [-0.15, -0.1) is 0 Å². The Kier molecular flexibility index (Phi) is 4.44. The zero-order valence-electron chi connectivity index (χ0n) is 11.2. The van der Waals surface area contributed by atoms with E-state index in [-0.39, 0.29) is 5.78 Å². The molecule has 2 aromatic rings. The van der Waals surface area contributed by atoms with Crippen LogP contribution < -0.4 is 9.47 Å². The van der Waals surface area contributed by atoms with Crippen LogP contribution in [0.15, 0.2) is 42.9 Å². The highest BCUT2D eigenvalue weighted by Gasteiger charge is 2.05. The van der Waals surface area contributed by atoms with E-state index >= 15 is 0 Å². The van der Waals surface area contributed by atoms with Crippen molar-refractivity contribution >= 4 is 11.9 Å². The summed E-state index contributed by atoms with van der Waals surface area (Å²) in [6.45, 7) is 0. The molecule has 2 rings (SSSR count). The number of allylic oxidation sites excluding steroid dienone is 1. The summed E-state index contributed by atoms with van der Waals surface area (Å²) in [5, 5.41) is 0. The Hall–Kier alpha value is -2.69. The molecule has 0 aromatic carbocycles. The maximum atomic E-state index is 11.9. The molecular weight excluding hydrogens is 256 g/mol. The molecule has 0 saturated heterocycles. The fraction of sp³-hybridized carbons (Fsp3) is 0.133. The highest BCUT2D eigenvalue weighted by molar-refractivity contribution is 6.06. The predicted octanol–water partition coefficient (Wildman–Crippen LogP) is 2.39. The zero-order valence-corrected chi connectivity index (χ0v) is 11.2. The van der Waals surface area contributed by atoms with Crippen molar-refractivity contribution in [2.75, 3.05) is 14.2 Å². The van der Waals surface area contributed by atoms with Crippen molar-refractivity contribution < 1.29 is 14.3 Å². The molecule has 0 bridgehead atoms. The average molecular weight is 270 g/mol. The van der Waals surface area contributed by atoms with Gasteiger partial charge in [0.15, 0.2) is 17.3 Å². The molecule has 5 heteroatoms. The fourth-order valence-electron chi connectivity index (χ4n) is 1.61. The van der Waals surface area contributed by atoms with Crippen molar-refractivity contribution in [3.63, 3.8) is 0 Å². The van der Waals surface area contributed by atoms with Gasteiger partial charge in [-0.1, -0.05) is 0 Å². The van der Waals surface area contributed by atoms with Crippen LogP contribution in [0.4, 0.5) is 0 Å². The van der Waals surface area contributed by atoms with Crippen LogP contribution in [0.2, 0.25) is 0 Å². The van der Waals surface area contributed by atoms with Crippen molar-refractivity contribution in [2.24, 2.45) is 0 Å². The molecule has 102 valence electrons. The van der Waals surface area contributed by atoms with E-state index in [1.165, 1.54) is 12.3 Å². The molecule has 0 N–H and O–H groups in total. The van der Waals surface area contributed by atoms with Gasteiger partial charge in [-0.25, -0.2) is 0 Å². The van der Waals surface area contributed by atoms with Crippen LogP contribution in [0, 0.1) is 0 Å². The Morgan fingerprint density at radius 2 is 2.00 bits per heavy atom. The lowest BCUT2D eigenvalue weighted by atomic mass is 10.1. The number of hydrogen-bond acceptors (Lipinski definition) is 5. The van der Waals surface area contributed by atoms with Crippen molar-refractivity contribution in [3.05, 3.63) is 54.1 Å². The fourth-order valence-corrected chi connectivity index (χ4v) is 1.61. The minimum Gasteiger partial charge on any atom is -0.493 e. The maximum Gasteiger partial charge on any atom is 0.187 e. The number of methoxy groups -OCH3 is 2. The number of pyridine rings is 2. The predicted molar refractivity (Wildman–Crippen MR) is 74.9 cm³/mol. The van der Waals surface area contributed by atoms with Gasteiger partial charge in [0.25, 0.3) is 0 Å². The molecule has 0 fully saturated rings. The maximum absolute atomic E-state index is 11.9. The van der Waals surface area contributed by atoms with E-state index in [0.29, 0.717) is 22.8 Å². The number of nitrogens with zero attached hydrogens (tertiary/aromatic N) is 2. The van der Waals surface area contributed by atoms with Gasteiger partial charge < -0.3 is 9.47 Å². The molecule has 0 radical (unpaired) electrons. The van der Waals surface area contributed by atoms with Gasteiger partial charge in [-0.05, 0) is 24.3 Å². The van der Waals surface area contributed by atoms with Crippen LogP contribution in [-0.2, 0) is 0 Å². The smallest absolute Gasteiger partial charge is 0.187 e. The Labute approximate surface area is 116 Å². The highest BCUT2D eigenvalue weighted by Crippen LogP contribution is 2.26. The summed E-state index contributed by atoms with van der Waals surface area (Å²) in [7, 11) is 3.09. The average Bonchev–Trinajstić information content (AvgIpc) is 2.53. The van der Waals surface area contributed by atoms with Crippen molar-refractivity contribution in [1.82, 2.24) is 9.97 Å². The first-order valence-corrected chi connectivity index (χ1v) is 5.95. The molecule has 0 aliphatic rings. The monoisotopic (exact) mass is 270 g/mol. The number of aromatic nitrogens is 2. The molecule has 0 aliphatic heterocycles. The van der Waals surface area contributed by atoms with Gasteiger partial charge >= 0.3 is 0 Å². The summed E-state index contributed by atoms with van der Waals surface area (Å²) in [4.78, 5) is 20.0. The van der Waals surface area contributed by atoms with Crippen LogP contribution in [0.5, 0.6) is 11.5 Å². The third kappa shape index (κ3) is 3.20. The Balaban J connectivity index is 2.17. The molecule has 2 heterocycles. The molecule has 2 aromatic heterocycles. The molecule has 0 atom stereocenters. The standard InChI is InChI=1S/C15H14N2O3/c1-19-14-8-12(17-10-15(14)20-2)5-6-13(18)11-4-3-7-16-9-11/h3-10H,1-2H3/b6-5+. The molecule has 5 nitrogen and oxygen atoms in total. The summed E-state index contributed by atoms with van der Waals surface area (Å²) < 4.78 is 10.3. The third-order valence-corrected chi connectivity index (χ3v) is 2.64. The van der Waals surface area contributed by atoms with Gasteiger partial charge in [0.1, 0.15) is 0 Å². The molecular formula is C15H14N2O3. The van der Waals surface area contributed by atoms with Crippen LogP contribution in [0.1, 0.15) is 16.1 Å². The Morgan fingerprint density at radius 3 is 2.65 bits per heavy atom. The van der Waals surface area contributed by atoms with Gasteiger partial charge in [0, 0.05) is 24.0 Å². The van der Waals surface area contributed by atoms with Crippen LogP contribution in [-0.4, -0.2) is 30.0 Å². The van der Waals surface area contributed by atoms with E-state index in [1.54, 1.807) is 50.9 Å². The zero-order chi connectivity index (χ0) is 14.4. The number of carbonyl (C=O) groups is 1. The lowest BCUT2D eigenvalue weighted by molar-refractivity contribution is 0.104. The first-order chi connectivity index (χ1) is 9.74.